The number of methoxy groups -OCH3 is 1. The quantitative estimate of drug-likeness (QED) is 0.682. The molecule has 1 aliphatic rings. The molecule has 4 nitrogen and oxygen atoms in total. The maximum absolute atomic E-state index is 11.9. The fraction of sp³-hybridized carbons (Fsp3) is 0.333. The Kier molecular flexibility index (Phi) is 4.93. The highest BCUT2D eigenvalue weighted by atomic mass is 35.5. The second kappa shape index (κ2) is 6.68. The summed E-state index contributed by atoms with van der Waals surface area (Å²) in [5.74, 6) is -0.573. The number of nitrogens with one attached hydrogen (secondary N) is 1. The normalized spacial score (nSPS) is 18.3. The molecule has 0 bridgehead atoms. The number of Topliss-reactive ketones (excluding diaryl/α,β-unsaturated/α-hetero) is 1. The monoisotopic (exact) mass is 293 g/mol. The molecule has 0 aliphatic carbocycles. The first kappa shape index (κ1) is 14.8. The topological polar surface area (TPSA) is 55.4 Å². The first-order chi connectivity index (χ1) is 9.69. The van der Waals surface area contributed by atoms with Gasteiger partial charge in [-0.3, -0.25) is 4.79 Å². The molecule has 1 aromatic carbocycles. The lowest BCUT2D eigenvalue weighted by atomic mass is 9.89. The molecule has 20 heavy (non-hydrogen) atoms. The summed E-state index contributed by atoms with van der Waals surface area (Å²) >= 11 is 5.66. The number of rotatable bonds is 4. The zero-order chi connectivity index (χ0) is 14.5. The summed E-state index contributed by atoms with van der Waals surface area (Å²) in [6.07, 6.45) is 2.78. The van der Waals surface area contributed by atoms with Crippen LogP contribution < -0.4 is 5.32 Å². The van der Waals surface area contributed by atoms with E-state index in [0.717, 1.165) is 24.1 Å². The molecule has 1 unspecified atom stereocenters. The van der Waals surface area contributed by atoms with E-state index in [1.165, 1.54) is 7.11 Å². The van der Waals surface area contributed by atoms with Crippen LogP contribution in [0.25, 0.3) is 5.57 Å². The van der Waals surface area contributed by atoms with Gasteiger partial charge in [-0.15, -0.1) is 11.6 Å². The summed E-state index contributed by atoms with van der Waals surface area (Å²) in [6, 6.07) is 6.65. The largest absolute Gasteiger partial charge is 0.465 e. The van der Waals surface area contributed by atoms with Crippen LogP contribution in [-0.2, 0) is 9.53 Å². The van der Waals surface area contributed by atoms with E-state index >= 15 is 0 Å². The van der Waals surface area contributed by atoms with Crippen molar-refractivity contribution in [3.8, 4) is 0 Å². The van der Waals surface area contributed by atoms with Gasteiger partial charge in [-0.05, 0) is 30.2 Å². The molecular weight excluding hydrogens is 278 g/mol. The number of halogens is 1. The maximum Gasteiger partial charge on any atom is 0.338 e. The number of alkyl halides is 1. The fourth-order valence-electron chi connectivity index (χ4n) is 2.34. The molecular formula is C15H16ClNO3. The van der Waals surface area contributed by atoms with Gasteiger partial charge in [0.2, 0.25) is 0 Å². The SMILES string of the molecule is COC(=O)c1ccccc1C1=CCCNC1C(=O)CCl. The van der Waals surface area contributed by atoms with E-state index < -0.39 is 12.0 Å². The van der Waals surface area contributed by atoms with Crippen LogP contribution in [0.2, 0.25) is 0 Å². The molecule has 1 heterocycles. The summed E-state index contributed by atoms with van der Waals surface area (Å²) < 4.78 is 4.79. The first-order valence-electron chi connectivity index (χ1n) is 6.39. The Morgan fingerprint density at radius 1 is 1.40 bits per heavy atom. The summed E-state index contributed by atoms with van der Waals surface area (Å²) in [7, 11) is 1.34. The van der Waals surface area contributed by atoms with Crippen LogP contribution in [0.15, 0.2) is 30.3 Å². The predicted octanol–water partition coefficient (Wildman–Crippen LogP) is 2.03. The average molecular weight is 294 g/mol. The van der Waals surface area contributed by atoms with E-state index in [0.29, 0.717) is 5.56 Å². The Labute approximate surface area is 122 Å². The third-order valence-corrected chi connectivity index (χ3v) is 3.53. The van der Waals surface area contributed by atoms with Gasteiger partial charge in [0.25, 0.3) is 0 Å². The smallest absolute Gasteiger partial charge is 0.338 e. The molecule has 0 saturated heterocycles. The molecule has 0 aromatic heterocycles. The Morgan fingerprint density at radius 3 is 2.85 bits per heavy atom. The highest BCUT2D eigenvalue weighted by molar-refractivity contribution is 6.29. The summed E-state index contributed by atoms with van der Waals surface area (Å²) in [6.45, 7) is 0.719. The molecule has 1 aliphatic heterocycles. The van der Waals surface area contributed by atoms with Gasteiger partial charge in [-0.1, -0.05) is 24.3 Å². The molecule has 2 rings (SSSR count). The second-order valence-electron chi connectivity index (χ2n) is 4.47. The average Bonchev–Trinajstić information content (AvgIpc) is 2.53. The van der Waals surface area contributed by atoms with Crippen molar-refractivity contribution < 1.29 is 14.3 Å². The number of carbonyl (C=O) groups excluding carboxylic acids is 2. The molecule has 0 saturated carbocycles. The Balaban J connectivity index is 2.46. The van der Waals surface area contributed by atoms with Crippen molar-refractivity contribution in [1.29, 1.82) is 0 Å². The van der Waals surface area contributed by atoms with Gasteiger partial charge in [0.15, 0.2) is 5.78 Å². The molecule has 1 N–H and O–H groups in total. The maximum atomic E-state index is 11.9. The number of hydrogen-bond acceptors (Lipinski definition) is 4. The lowest BCUT2D eigenvalue weighted by Crippen LogP contribution is -2.41. The van der Waals surface area contributed by atoms with Gasteiger partial charge in [-0.25, -0.2) is 4.79 Å². The van der Waals surface area contributed by atoms with Crippen molar-refractivity contribution in [1.82, 2.24) is 5.32 Å². The number of esters is 1. The number of hydrogen-bond donors (Lipinski definition) is 1. The van der Waals surface area contributed by atoms with Crippen LogP contribution in [0.3, 0.4) is 0 Å². The highest BCUT2D eigenvalue weighted by Gasteiger charge is 2.27. The molecule has 1 atom stereocenters. The van der Waals surface area contributed by atoms with Crippen LogP contribution in [-0.4, -0.2) is 37.3 Å². The van der Waals surface area contributed by atoms with E-state index in [1.807, 2.05) is 18.2 Å². The number of ether oxygens (including phenoxy) is 1. The zero-order valence-electron chi connectivity index (χ0n) is 11.2. The molecule has 5 heteroatoms. The molecule has 0 fully saturated rings. The van der Waals surface area contributed by atoms with Crippen molar-refractivity contribution in [2.75, 3.05) is 19.5 Å². The van der Waals surface area contributed by atoms with E-state index in [-0.39, 0.29) is 11.7 Å². The fourth-order valence-corrected chi connectivity index (χ4v) is 2.49. The van der Waals surface area contributed by atoms with E-state index in [2.05, 4.69) is 5.32 Å². The molecule has 0 radical (unpaired) electrons. The number of ketones is 1. The van der Waals surface area contributed by atoms with Gasteiger partial charge in [0.05, 0.1) is 24.6 Å². The van der Waals surface area contributed by atoms with Crippen LogP contribution in [0.5, 0.6) is 0 Å². The molecule has 0 amide bonds. The number of carbonyl (C=O) groups is 2. The lowest BCUT2D eigenvalue weighted by molar-refractivity contribution is -0.117. The second-order valence-corrected chi connectivity index (χ2v) is 4.74. The summed E-state index contributed by atoms with van der Waals surface area (Å²) in [4.78, 5) is 23.8. The standard InChI is InChI=1S/C15H16ClNO3/c1-20-15(19)12-6-3-2-5-10(12)11-7-4-8-17-14(11)13(18)9-16/h2-3,5-7,14,17H,4,8-9H2,1H3. The lowest BCUT2D eigenvalue weighted by Gasteiger charge is -2.25. The van der Waals surface area contributed by atoms with Crippen molar-refractivity contribution >= 4 is 28.9 Å². The molecule has 1 aromatic rings. The van der Waals surface area contributed by atoms with Crippen molar-refractivity contribution in [2.24, 2.45) is 0 Å². The Morgan fingerprint density at radius 2 is 2.15 bits per heavy atom. The Hall–Kier alpha value is -1.65. The third-order valence-electron chi connectivity index (χ3n) is 3.27. The van der Waals surface area contributed by atoms with Gasteiger partial charge < -0.3 is 10.1 Å². The van der Waals surface area contributed by atoms with Gasteiger partial charge in [-0.2, -0.15) is 0 Å². The van der Waals surface area contributed by atoms with Crippen LogP contribution >= 0.6 is 11.6 Å². The van der Waals surface area contributed by atoms with Gasteiger partial charge in [0.1, 0.15) is 0 Å². The van der Waals surface area contributed by atoms with Crippen molar-refractivity contribution in [3.63, 3.8) is 0 Å². The van der Waals surface area contributed by atoms with Crippen LogP contribution in [0.4, 0.5) is 0 Å². The minimum absolute atomic E-state index is 0.0601. The first-order valence-corrected chi connectivity index (χ1v) is 6.92. The van der Waals surface area contributed by atoms with E-state index in [1.54, 1.807) is 12.1 Å². The highest BCUT2D eigenvalue weighted by Crippen LogP contribution is 2.26. The van der Waals surface area contributed by atoms with Gasteiger partial charge >= 0.3 is 5.97 Å². The minimum Gasteiger partial charge on any atom is -0.465 e. The van der Waals surface area contributed by atoms with E-state index in [4.69, 9.17) is 16.3 Å². The zero-order valence-corrected chi connectivity index (χ0v) is 11.9. The minimum atomic E-state index is -0.466. The Bertz CT molecular complexity index is 554. The van der Waals surface area contributed by atoms with Crippen molar-refractivity contribution in [2.45, 2.75) is 12.5 Å². The summed E-state index contributed by atoms with van der Waals surface area (Å²) in [5, 5.41) is 3.15. The van der Waals surface area contributed by atoms with E-state index in [9.17, 15) is 9.59 Å². The summed E-state index contributed by atoms with van der Waals surface area (Å²) in [5.41, 5.74) is 1.97. The predicted molar refractivity (Wildman–Crippen MR) is 77.9 cm³/mol. The van der Waals surface area contributed by atoms with Crippen LogP contribution in [0.1, 0.15) is 22.3 Å². The van der Waals surface area contributed by atoms with Crippen LogP contribution in [0, 0.1) is 0 Å². The third kappa shape index (κ3) is 2.92. The number of benzene rings is 1. The molecule has 106 valence electrons. The van der Waals surface area contributed by atoms with Gasteiger partial charge in [0, 0.05) is 0 Å². The van der Waals surface area contributed by atoms with Crippen molar-refractivity contribution in [3.05, 3.63) is 41.5 Å². The molecule has 0 spiro atoms.